The minimum atomic E-state index is -0.829. The molecule has 3 rings (SSSR count). The minimum Gasteiger partial charge on any atom is -0.497 e. The molecule has 3 aromatic carbocycles. The Balaban J connectivity index is 1.65. The Hall–Kier alpha value is -3.58. The average Bonchev–Trinajstić information content (AvgIpc) is 2.87. The summed E-state index contributed by atoms with van der Waals surface area (Å²) >= 11 is 1.10. The number of carbonyl (C=O) groups is 3. The number of carbonyl (C=O) groups excluding carboxylic acids is 3. The van der Waals surface area contributed by atoms with E-state index in [9.17, 15) is 14.4 Å². The van der Waals surface area contributed by atoms with Gasteiger partial charge in [-0.15, -0.1) is 0 Å². The predicted octanol–water partition coefficient (Wildman–Crippen LogP) is 4.91. The molecule has 1 N–H and O–H groups in total. The summed E-state index contributed by atoms with van der Waals surface area (Å²) in [5, 5.41) is 2.68. The molecule has 0 aromatic heterocycles. The molecule has 0 aliphatic heterocycles. The van der Waals surface area contributed by atoms with Gasteiger partial charge in [0.25, 0.3) is 0 Å². The van der Waals surface area contributed by atoms with Gasteiger partial charge in [-0.1, -0.05) is 66.4 Å². The fourth-order valence-electron chi connectivity index (χ4n) is 3.43. The van der Waals surface area contributed by atoms with Crippen molar-refractivity contribution in [2.75, 3.05) is 12.9 Å². The van der Waals surface area contributed by atoms with Crippen molar-refractivity contribution in [1.29, 1.82) is 0 Å². The largest absolute Gasteiger partial charge is 0.497 e. The summed E-state index contributed by atoms with van der Waals surface area (Å²) in [6.45, 7) is 3.06. The summed E-state index contributed by atoms with van der Waals surface area (Å²) < 4.78 is 10.5. The molecule has 0 saturated carbocycles. The molecule has 0 heterocycles. The van der Waals surface area contributed by atoms with Gasteiger partial charge in [0.15, 0.2) is 5.12 Å². The maximum absolute atomic E-state index is 13.0. The van der Waals surface area contributed by atoms with Gasteiger partial charge in [-0.25, -0.2) is 4.79 Å². The standard InChI is InChI=1S/C28H29NO5S/c1-19(28(32)34-26-7-5-4-6-8-26)29-27(31)24(18-35-20(2)30)17-21-9-11-22(12-10-21)23-13-15-25(33-3)16-14-23/h4-16,19,24H,17-18H2,1-3H3,(H,29,31)/t19-,24?/m0/s1. The third-order valence-corrected chi connectivity index (χ3v) is 6.37. The van der Waals surface area contributed by atoms with E-state index >= 15 is 0 Å². The van der Waals surface area contributed by atoms with Crippen LogP contribution >= 0.6 is 11.8 Å². The van der Waals surface area contributed by atoms with Crippen LogP contribution < -0.4 is 14.8 Å². The van der Waals surface area contributed by atoms with Crippen LogP contribution in [-0.2, 0) is 20.8 Å². The first-order valence-corrected chi connectivity index (χ1v) is 12.3. The van der Waals surface area contributed by atoms with Gasteiger partial charge in [0, 0.05) is 12.7 Å². The van der Waals surface area contributed by atoms with Crippen molar-refractivity contribution in [3.05, 3.63) is 84.4 Å². The quantitative estimate of drug-likeness (QED) is 0.321. The molecule has 7 heteroatoms. The van der Waals surface area contributed by atoms with Crippen molar-refractivity contribution in [1.82, 2.24) is 5.32 Å². The molecule has 0 aliphatic rings. The molecule has 2 atom stereocenters. The van der Waals surface area contributed by atoms with E-state index in [2.05, 4.69) is 5.32 Å². The van der Waals surface area contributed by atoms with Crippen LogP contribution in [0.15, 0.2) is 78.9 Å². The van der Waals surface area contributed by atoms with E-state index < -0.39 is 17.9 Å². The van der Waals surface area contributed by atoms with E-state index in [1.807, 2.05) is 54.6 Å². The Morgan fingerprint density at radius 1 is 0.857 bits per heavy atom. The molecule has 0 spiro atoms. The number of esters is 1. The molecule has 6 nitrogen and oxygen atoms in total. The number of benzene rings is 3. The topological polar surface area (TPSA) is 81.7 Å². The molecule has 0 fully saturated rings. The Labute approximate surface area is 210 Å². The van der Waals surface area contributed by atoms with Crippen LogP contribution in [0.1, 0.15) is 19.4 Å². The number of hydrogen-bond acceptors (Lipinski definition) is 6. The summed E-state index contributed by atoms with van der Waals surface area (Å²) in [4.78, 5) is 37.0. The van der Waals surface area contributed by atoms with Crippen molar-refractivity contribution in [2.45, 2.75) is 26.3 Å². The van der Waals surface area contributed by atoms with Crippen molar-refractivity contribution in [3.8, 4) is 22.6 Å². The van der Waals surface area contributed by atoms with Gasteiger partial charge in [0.1, 0.15) is 17.5 Å². The van der Waals surface area contributed by atoms with Gasteiger partial charge >= 0.3 is 5.97 Å². The van der Waals surface area contributed by atoms with E-state index in [-0.39, 0.29) is 11.0 Å². The SMILES string of the molecule is COc1ccc(-c2ccc(CC(CSC(C)=O)C(=O)N[C@@H](C)C(=O)Oc3ccccc3)cc2)cc1. The van der Waals surface area contributed by atoms with E-state index in [1.54, 1.807) is 38.3 Å². The molecule has 1 amide bonds. The molecule has 1 unspecified atom stereocenters. The van der Waals surface area contributed by atoms with Crippen LogP contribution in [0, 0.1) is 5.92 Å². The van der Waals surface area contributed by atoms with Crippen LogP contribution in [0.2, 0.25) is 0 Å². The van der Waals surface area contributed by atoms with Crippen molar-refractivity contribution < 1.29 is 23.9 Å². The first-order chi connectivity index (χ1) is 16.9. The first-order valence-electron chi connectivity index (χ1n) is 11.3. The highest BCUT2D eigenvalue weighted by Crippen LogP contribution is 2.24. The van der Waals surface area contributed by atoms with Gasteiger partial charge in [-0.2, -0.15) is 0 Å². The summed E-state index contributed by atoms with van der Waals surface area (Å²) in [5.41, 5.74) is 3.07. The number of ether oxygens (including phenoxy) is 2. The Morgan fingerprint density at radius 3 is 2.03 bits per heavy atom. The van der Waals surface area contributed by atoms with Crippen molar-refractivity contribution in [2.24, 2.45) is 5.92 Å². The van der Waals surface area contributed by atoms with Gasteiger partial charge < -0.3 is 14.8 Å². The zero-order valence-corrected chi connectivity index (χ0v) is 20.8. The van der Waals surface area contributed by atoms with Gasteiger partial charge in [-0.3, -0.25) is 9.59 Å². The van der Waals surface area contributed by atoms with Gasteiger partial charge in [0.2, 0.25) is 5.91 Å². The molecule has 0 saturated heterocycles. The van der Waals surface area contributed by atoms with Crippen LogP contribution in [0.3, 0.4) is 0 Å². The van der Waals surface area contributed by atoms with Crippen molar-refractivity contribution >= 4 is 28.8 Å². The Bertz CT molecular complexity index is 1130. The monoisotopic (exact) mass is 491 g/mol. The minimum absolute atomic E-state index is 0.0609. The second-order valence-corrected chi connectivity index (χ2v) is 9.29. The van der Waals surface area contributed by atoms with Crippen molar-refractivity contribution in [3.63, 3.8) is 0 Å². The van der Waals surface area contributed by atoms with Gasteiger partial charge in [-0.05, 0) is 54.3 Å². The Morgan fingerprint density at radius 2 is 1.46 bits per heavy atom. The number of methoxy groups -OCH3 is 1. The maximum Gasteiger partial charge on any atom is 0.333 e. The zero-order valence-electron chi connectivity index (χ0n) is 20.0. The van der Waals surface area contributed by atoms with E-state index in [0.717, 1.165) is 34.2 Å². The number of para-hydroxylation sites is 1. The number of rotatable bonds is 10. The maximum atomic E-state index is 13.0. The fraction of sp³-hybridized carbons (Fsp3) is 0.250. The number of hydrogen-bond donors (Lipinski definition) is 1. The molecular weight excluding hydrogens is 462 g/mol. The summed E-state index contributed by atoms with van der Waals surface area (Å²) in [6.07, 6.45) is 0.440. The lowest BCUT2D eigenvalue weighted by Gasteiger charge is -2.19. The van der Waals surface area contributed by atoms with Gasteiger partial charge in [0.05, 0.1) is 13.0 Å². The second-order valence-electron chi connectivity index (χ2n) is 8.09. The highest BCUT2D eigenvalue weighted by atomic mass is 32.2. The third-order valence-electron chi connectivity index (χ3n) is 5.39. The Kier molecular flexibility index (Phi) is 9.49. The first kappa shape index (κ1) is 26.0. The van der Waals surface area contributed by atoms with E-state index in [1.165, 1.54) is 6.92 Å². The molecular formula is C28H29NO5S. The number of nitrogens with one attached hydrogen (secondary N) is 1. The highest BCUT2D eigenvalue weighted by molar-refractivity contribution is 8.13. The third kappa shape index (κ3) is 8.00. The lowest BCUT2D eigenvalue weighted by molar-refractivity contribution is -0.139. The fourth-order valence-corrected chi connectivity index (χ4v) is 4.13. The van der Waals surface area contributed by atoms with E-state index in [4.69, 9.17) is 9.47 Å². The molecule has 0 radical (unpaired) electrons. The highest BCUT2D eigenvalue weighted by Gasteiger charge is 2.25. The van der Waals surface area contributed by atoms with Crippen LogP contribution in [0.5, 0.6) is 11.5 Å². The smallest absolute Gasteiger partial charge is 0.333 e. The number of amides is 1. The zero-order chi connectivity index (χ0) is 25.2. The molecule has 0 bridgehead atoms. The molecule has 3 aromatic rings. The van der Waals surface area contributed by atoms with Crippen LogP contribution in [-0.4, -0.2) is 35.9 Å². The summed E-state index contributed by atoms with van der Waals surface area (Å²) in [6, 6.07) is 23.6. The lowest BCUT2D eigenvalue weighted by Crippen LogP contribution is -2.44. The van der Waals surface area contributed by atoms with E-state index in [0.29, 0.717) is 17.9 Å². The molecule has 182 valence electrons. The second kappa shape index (κ2) is 12.8. The van der Waals surface area contributed by atoms with Crippen LogP contribution in [0.25, 0.3) is 11.1 Å². The lowest BCUT2D eigenvalue weighted by atomic mass is 9.97. The number of thioether (sulfide) groups is 1. The average molecular weight is 492 g/mol. The summed E-state index contributed by atoms with van der Waals surface area (Å²) in [7, 11) is 1.63. The summed E-state index contributed by atoms with van der Waals surface area (Å²) in [5.74, 6) is 0.204. The predicted molar refractivity (Wildman–Crippen MR) is 138 cm³/mol. The van der Waals surface area contributed by atoms with Crippen LogP contribution in [0.4, 0.5) is 0 Å². The molecule has 35 heavy (non-hydrogen) atoms. The normalized spacial score (nSPS) is 12.3. The molecule has 0 aliphatic carbocycles.